The molecule has 1 aromatic heterocycles. The van der Waals surface area contributed by atoms with Crippen LogP contribution in [0.2, 0.25) is 10.2 Å². The van der Waals surface area contributed by atoms with Crippen LogP contribution >= 0.6 is 23.2 Å². The molecule has 0 aliphatic heterocycles. The standard InChI is InChI=1S/C16H17Cl2N3O2/c1-21(9-10-23-13-6-4-12(17)5-7-13)11-15(22)20-14-3-2-8-19-16(14)18/h2-8H,9-11H2,1H3,(H,20,22). The number of hydrogen-bond donors (Lipinski definition) is 1. The summed E-state index contributed by atoms with van der Waals surface area (Å²) in [6.07, 6.45) is 1.57. The van der Waals surface area contributed by atoms with Crippen molar-refractivity contribution in [2.24, 2.45) is 0 Å². The van der Waals surface area contributed by atoms with E-state index < -0.39 is 0 Å². The van der Waals surface area contributed by atoms with Crippen molar-refractivity contribution in [3.05, 3.63) is 52.8 Å². The Hall–Kier alpha value is -1.82. The lowest BCUT2D eigenvalue weighted by Crippen LogP contribution is -2.33. The molecule has 1 aromatic carbocycles. The van der Waals surface area contributed by atoms with Crippen LogP contribution in [0.4, 0.5) is 5.69 Å². The van der Waals surface area contributed by atoms with Crippen LogP contribution in [0.15, 0.2) is 42.6 Å². The summed E-state index contributed by atoms with van der Waals surface area (Å²) in [5.74, 6) is 0.586. The number of aromatic nitrogens is 1. The Morgan fingerprint density at radius 3 is 2.70 bits per heavy atom. The summed E-state index contributed by atoms with van der Waals surface area (Å²) < 4.78 is 5.59. The van der Waals surface area contributed by atoms with Gasteiger partial charge >= 0.3 is 0 Å². The largest absolute Gasteiger partial charge is 0.492 e. The van der Waals surface area contributed by atoms with Crippen LogP contribution in [0.1, 0.15) is 0 Å². The number of carbonyl (C=O) groups excluding carboxylic acids is 1. The molecule has 0 bridgehead atoms. The van der Waals surface area contributed by atoms with Crippen LogP contribution in [-0.2, 0) is 4.79 Å². The topological polar surface area (TPSA) is 54.5 Å². The van der Waals surface area contributed by atoms with Crippen molar-refractivity contribution < 1.29 is 9.53 Å². The summed E-state index contributed by atoms with van der Waals surface area (Å²) in [4.78, 5) is 17.7. The number of hydrogen-bond acceptors (Lipinski definition) is 4. The van der Waals surface area contributed by atoms with Gasteiger partial charge in [-0.3, -0.25) is 9.69 Å². The zero-order valence-corrected chi connectivity index (χ0v) is 14.1. The van der Waals surface area contributed by atoms with Gasteiger partial charge in [-0.25, -0.2) is 4.98 Å². The molecule has 0 fully saturated rings. The first-order valence-corrected chi connectivity index (χ1v) is 7.77. The first-order chi connectivity index (χ1) is 11.0. The van der Waals surface area contributed by atoms with E-state index in [1.54, 1.807) is 42.6 Å². The van der Waals surface area contributed by atoms with E-state index in [2.05, 4.69) is 10.3 Å². The van der Waals surface area contributed by atoms with Crippen molar-refractivity contribution in [3.8, 4) is 5.75 Å². The summed E-state index contributed by atoms with van der Waals surface area (Å²) >= 11 is 11.7. The van der Waals surface area contributed by atoms with Gasteiger partial charge in [0.15, 0.2) is 5.15 Å². The number of likely N-dealkylation sites (N-methyl/N-ethyl adjacent to an activating group) is 1. The van der Waals surface area contributed by atoms with Gasteiger partial charge in [0.25, 0.3) is 0 Å². The Morgan fingerprint density at radius 1 is 1.26 bits per heavy atom. The van der Waals surface area contributed by atoms with Gasteiger partial charge in [0.1, 0.15) is 12.4 Å². The lowest BCUT2D eigenvalue weighted by molar-refractivity contribution is -0.117. The second-order valence-corrected chi connectivity index (χ2v) is 5.72. The van der Waals surface area contributed by atoms with E-state index in [0.717, 1.165) is 5.75 Å². The lowest BCUT2D eigenvalue weighted by atomic mass is 10.3. The number of benzene rings is 1. The molecule has 7 heteroatoms. The molecule has 0 radical (unpaired) electrons. The number of amides is 1. The molecule has 2 aromatic rings. The van der Waals surface area contributed by atoms with Gasteiger partial charge in [-0.15, -0.1) is 0 Å². The zero-order valence-electron chi connectivity index (χ0n) is 12.6. The molecular formula is C16H17Cl2N3O2. The maximum Gasteiger partial charge on any atom is 0.238 e. The molecule has 122 valence electrons. The molecule has 2 rings (SSSR count). The Morgan fingerprint density at radius 2 is 2.00 bits per heavy atom. The summed E-state index contributed by atoms with van der Waals surface area (Å²) in [6, 6.07) is 10.6. The zero-order chi connectivity index (χ0) is 16.7. The maximum absolute atomic E-state index is 12.0. The van der Waals surface area contributed by atoms with Gasteiger partial charge in [0.05, 0.1) is 12.2 Å². The fraction of sp³-hybridized carbons (Fsp3) is 0.250. The van der Waals surface area contributed by atoms with Crippen molar-refractivity contribution in [2.75, 3.05) is 32.1 Å². The van der Waals surface area contributed by atoms with E-state index in [1.807, 2.05) is 11.9 Å². The molecule has 23 heavy (non-hydrogen) atoms. The van der Waals surface area contributed by atoms with E-state index in [-0.39, 0.29) is 17.6 Å². The highest BCUT2D eigenvalue weighted by atomic mass is 35.5. The number of nitrogens with one attached hydrogen (secondary N) is 1. The average molecular weight is 354 g/mol. The Balaban J connectivity index is 1.71. The molecule has 0 saturated carbocycles. The number of anilines is 1. The summed E-state index contributed by atoms with van der Waals surface area (Å²) in [5, 5.41) is 3.66. The van der Waals surface area contributed by atoms with Crippen LogP contribution in [0.5, 0.6) is 5.75 Å². The Labute approximate surface area is 145 Å². The minimum absolute atomic E-state index is 0.158. The molecule has 0 saturated heterocycles. The van der Waals surface area contributed by atoms with Gasteiger partial charge in [0.2, 0.25) is 5.91 Å². The number of ether oxygens (including phenoxy) is 1. The fourth-order valence-corrected chi connectivity index (χ4v) is 2.14. The number of nitrogens with zero attached hydrogens (tertiary/aromatic N) is 2. The smallest absolute Gasteiger partial charge is 0.238 e. The molecule has 1 N–H and O–H groups in total. The van der Waals surface area contributed by atoms with E-state index in [9.17, 15) is 4.79 Å². The van der Waals surface area contributed by atoms with Crippen LogP contribution in [0, 0.1) is 0 Å². The first kappa shape index (κ1) is 17.5. The summed E-state index contributed by atoms with van der Waals surface area (Å²) in [7, 11) is 1.84. The van der Waals surface area contributed by atoms with Gasteiger partial charge in [-0.05, 0) is 43.4 Å². The van der Waals surface area contributed by atoms with Crippen molar-refractivity contribution >= 4 is 34.8 Å². The molecule has 1 heterocycles. The fourth-order valence-electron chi connectivity index (χ4n) is 1.84. The first-order valence-electron chi connectivity index (χ1n) is 7.02. The van der Waals surface area contributed by atoms with Crippen LogP contribution in [0.3, 0.4) is 0 Å². The second kappa shape index (κ2) is 8.72. The van der Waals surface area contributed by atoms with Gasteiger partial charge in [-0.2, -0.15) is 0 Å². The summed E-state index contributed by atoms with van der Waals surface area (Å²) in [5.41, 5.74) is 0.505. The molecule has 5 nitrogen and oxygen atoms in total. The van der Waals surface area contributed by atoms with Crippen molar-refractivity contribution in [1.82, 2.24) is 9.88 Å². The Kier molecular flexibility index (Phi) is 6.65. The van der Waals surface area contributed by atoms with Gasteiger partial charge < -0.3 is 10.1 Å². The number of halogens is 2. The van der Waals surface area contributed by atoms with Crippen LogP contribution in [0.25, 0.3) is 0 Å². The molecule has 0 spiro atoms. The normalized spacial score (nSPS) is 10.6. The molecule has 1 amide bonds. The van der Waals surface area contributed by atoms with Gasteiger partial charge in [-0.1, -0.05) is 23.2 Å². The van der Waals surface area contributed by atoms with Gasteiger partial charge in [0, 0.05) is 17.8 Å². The van der Waals surface area contributed by atoms with Crippen molar-refractivity contribution in [1.29, 1.82) is 0 Å². The number of rotatable bonds is 7. The monoisotopic (exact) mass is 353 g/mol. The van der Waals surface area contributed by atoms with Crippen molar-refractivity contribution in [3.63, 3.8) is 0 Å². The van der Waals surface area contributed by atoms with E-state index in [1.165, 1.54) is 0 Å². The highest BCUT2D eigenvalue weighted by Gasteiger charge is 2.09. The maximum atomic E-state index is 12.0. The number of pyridine rings is 1. The molecule has 0 atom stereocenters. The minimum atomic E-state index is -0.158. The van der Waals surface area contributed by atoms with E-state index in [4.69, 9.17) is 27.9 Å². The van der Waals surface area contributed by atoms with Crippen LogP contribution in [-0.4, -0.2) is 42.5 Å². The van der Waals surface area contributed by atoms with Crippen LogP contribution < -0.4 is 10.1 Å². The Bertz CT molecular complexity index is 650. The SMILES string of the molecule is CN(CCOc1ccc(Cl)cc1)CC(=O)Nc1cccnc1Cl. The second-order valence-electron chi connectivity index (χ2n) is 4.93. The van der Waals surface area contributed by atoms with Crippen molar-refractivity contribution in [2.45, 2.75) is 0 Å². The number of carbonyl (C=O) groups is 1. The molecule has 0 aliphatic rings. The molecule has 0 unspecified atom stereocenters. The van der Waals surface area contributed by atoms with E-state index >= 15 is 0 Å². The third kappa shape index (κ3) is 6.06. The lowest BCUT2D eigenvalue weighted by Gasteiger charge is -2.16. The predicted molar refractivity (Wildman–Crippen MR) is 92.3 cm³/mol. The minimum Gasteiger partial charge on any atom is -0.492 e. The molecule has 0 aliphatic carbocycles. The highest BCUT2D eigenvalue weighted by molar-refractivity contribution is 6.32. The quantitative estimate of drug-likeness (QED) is 0.775. The average Bonchev–Trinajstić information content (AvgIpc) is 2.51. The third-order valence-corrected chi connectivity index (χ3v) is 3.56. The van der Waals surface area contributed by atoms with E-state index in [0.29, 0.717) is 23.9 Å². The summed E-state index contributed by atoms with van der Waals surface area (Å²) in [6.45, 7) is 1.31. The predicted octanol–water partition coefficient (Wildman–Crippen LogP) is 3.34. The highest BCUT2D eigenvalue weighted by Crippen LogP contribution is 2.17. The third-order valence-electron chi connectivity index (χ3n) is 3.00. The molecular weight excluding hydrogens is 337 g/mol.